The van der Waals surface area contributed by atoms with Crippen LogP contribution in [0.25, 0.3) is 16.7 Å². The summed E-state index contributed by atoms with van der Waals surface area (Å²) in [5, 5.41) is 0.216. The molecule has 0 amide bonds. The van der Waals surface area contributed by atoms with Gasteiger partial charge in [0, 0.05) is 11.2 Å². The van der Waals surface area contributed by atoms with Crippen LogP contribution in [0.15, 0.2) is 97.1 Å². The Hall–Kier alpha value is -2.51. The number of aryl methyl sites for hydroxylation is 1. The molecule has 3 aromatic rings. The van der Waals surface area contributed by atoms with Crippen LogP contribution < -0.4 is 0 Å². The van der Waals surface area contributed by atoms with Crippen molar-refractivity contribution < 1.29 is 0 Å². The van der Waals surface area contributed by atoms with Crippen LogP contribution >= 0.6 is 12.6 Å². The van der Waals surface area contributed by atoms with Crippen molar-refractivity contribution in [3.8, 4) is 11.1 Å². The average molecular weight is 355 g/mol. The molecule has 1 aliphatic carbocycles. The summed E-state index contributed by atoms with van der Waals surface area (Å²) in [6, 6.07) is 28.1. The first-order valence-corrected chi connectivity index (χ1v) is 9.53. The minimum Gasteiger partial charge on any atom is -0.171 e. The second-order valence-electron chi connectivity index (χ2n) is 6.85. The van der Waals surface area contributed by atoms with Crippen molar-refractivity contribution in [2.75, 3.05) is 0 Å². The average Bonchev–Trinajstić information content (AvgIpc) is 2.70. The highest BCUT2D eigenvalue weighted by Gasteiger charge is 2.20. The molecule has 128 valence electrons. The Labute approximate surface area is 161 Å². The summed E-state index contributed by atoms with van der Waals surface area (Å²) in [5.41, 5.74) is 7.62. The van der Waals surface area contributed by atoms with E-state index < -0.39 is 0 Å². The molecule has 0 saturated heterocycles. The van der Waals surface area contributed by atoms with Gasteiger partial charge in [0.25, 0.3) is 0 Å². The quantitative estimate of drug-likeness (QED) is 0.497. The fourth-order valence-corrected chi connectivity index (χ4v) is 3.78. The first-order valence-electron chi connectivity index (χ1n) is 9.01. The molecule has 3 aromatic carbocycles. The monoisotopic (exact) mass is 354 g/mol. The van der Waals surface area contributed by atoms with Gasteiger partial charge in [0.2, 0.25) is 0 Å². The number of benzene rings is 3. The van der Waals surface area contributed by atoms with E-state index in [4.69, 9.17) is 12.6 Å². The summed E-state index contributed by atoms with van der Waals surface area (Å²) in [5.74, 6) is 0.302. The van der Waals surface area contributed by atoms with Crippen molar-refractivity contribution in [1.82, 2.24) is 0 Å². The lowest BCUT2D eigenvalue weighted by molar-refractivity contribution is 0.879. The Kier molecular flexibility index (Phi) is 4.81. The van der Waals surface area contributed by atoms with E-state index in [1.165, 1.54) is 33.4 Å². The number of hydrogen-bond donors (Lipinski definition) is 1. The molecule has 1 aliphatic rings. The van der Waals surface area contributed by atoms with Crippen LogP contribution in [0, 0.1) is 6.92 Å². The largest absolute Gasteiger partial charge is 0.171 e. The summed E-state index contributed by atoms with van der Waals surface area (Å²) < 4.78 is 0. The Morgan fingerprint density at radius 2 is 1.27 bits per heavy atom. The van der Waals surface area contributed by atoms with E-state index in [-0.39, 0.29) is 5.25 Å². The maximum absolute atomic E-state index is 4.76. The van der Waals surface area contributed by atoms with E-state index in [1.54, 1.807) is 0 Å². The highest BCUT2D eigenvalue weighted by molar-refractivity contribution is 7.81. The zero-order valence-corrected chi connectivity index (χ0v) is 15.7. The number of allylic oxidation sites excluding steroid dienone is 3. The van der Waals surface area contributed by atoms with E-state index in [0.717, 1.165) is 0 Å². The summed E-state index contributed by atoms with van der Waals surface area (Å²) in [7, 11) is 0. The van der Waals surface area contributed by atoms with Crippen LogP contribution in [-0.4, -0.2) is 5.25 Å². The molecule has 0 nitrogen and oxygen atoms in total. The molecule has 0 bridgehead atoms. The first-order chi connectivity index (χ1) is 12.7. The van der Waals surface area contributed by atoms with Crippen molar-refractivity contribution in [3.63, 3.8) is 0 Å². The smallest absolute Gasteiger partial charge is 0.0303 e. The molecule has 0 spiro atoms. The fourth-order valence-electron chi connectivity index (χ4n) is 3.43. The Morgan fingerprint density at radius 3 is 1.92 bits per heavy atom. The first kappa shape index (κ1) is 16.9. The van der Waals surface area contributed by atoms with E-state index in [0.29, 0.717) is 5.92 Å². The van der Waals surface area contributed by atoms with Crippen molar-refractivity contribution in [1.29, 1.82) is 0 Å². The predicted molar refractivity (Wildman–Crippen MR) is 116 cm³/mol. The zero-order valence-electron chi connectivity index (χ0n) is 14.8. The molecule has 2 unspecified atom stereocenters. The summed E-state index contributed by atoms with van der Waals surface area (Å²) >= 11 is 4.76. The molecular formula is C25H22S. The zero-order chi connectivity index (χ0) is 17.9. The maximum Gasteiger partial charge on any atom is 0.0303 e. The minimum absolute atomic E-state index is 0.216. The molecule has 0 fully saturated rings. The molecule has 0 N–H and O–H groups in total. The van der Waals surface area contributed by atoms with Crippen LogP contribution in [0.4, 0.5) is 0 Å². The van der Waals surface area contributed by atoms with Crippen molar-refractivity contribution >= 4 is 18.2 Å². The molecule has 0 heterocycles. The predicted octanol–water partition coefficient (Wildman–Crippen LogP) is 6.70. The number of rotatable bonds is 3. The van der Waals surface area contributed by atoms with Gasteiger partial charge in [0.15, 0.2) is 0 Å². The van der Waals surface area contributed by atoms with Crippen LogP contribution in [0.3, 0.4) is 0 Å². The molecule has 4 rings (SSSR count). The normalized spacial score (nSPS) is 19.2. The molecule has 0 saturated carbocycles. The van der Waals surface area contributed by atoms with Gasteiger partial charge in [-0.2, -0.15) is 12.6 Å². The summed E-state index contributed by atoms with van der Waals surface area (Å²) in [4.78, 5) is 0. The lowest BCUT2D eigenvalue weighted by Crippen LogP contribution is -2.12. The van der Waals surface area contributed by atoms with E-state index in [2.05, 4.69) is 104 Å². The number of hydrogen-bond acceptors (Lipinski definition) is 1. The summed E-state index contributed by atoms with van der Waals surface area (Å²) in [6.45, 7) is 2.12. The van der Waals surface area contributed by atoms with Gasteiger partial charge in [-0.1, -0.05) is 103 Å². The second-order valence-corrected chi connectivity index (χ2v) is 7.45. The lowest BCUT2D eigenvalue weighted by atomic mass is 9.87. The van der Waals surface area contributed by atoms with Crippen LogP contribution in [-0.2, 0) is 0 Å². The van der Waals surface area contributed by atoms with Crippen LogP contribution in [0.2, 0.25) is 0 Å². The topological polar surface area (TPSA) is 0 Å². The van der Waals surface area contributed by atoms with Crippen molar-refractivity contribution in [2.45, 2.75) is 18.1 Å². The second kappa shape index (κ2) is 7.39. The maximum atomic E-state index is 4.76. The minimum atomic E-state index is 0.216. The van der Waals surface area contributed by atoms with E-state index in [9.17, 15) is 0 Å². The molecule has 0 aliphatic heterocycles. The van der Waals surface area contributed by atoms with E-state index in [1.807, 2.05) is 0 Å². The van der Waals surface area contributed by atoms with Gasteiger partial charge >= 0.3 is 0 Å². The highest BCUT2D eigenvalue weighted by atomic mass is 32.1. The van der Waals surface area contributed by atoms with Gasteiger partial charge in [-0.3, -0.25) is 0 Å². The molecule has 1 heteroatoms. The van der Waals surface area contributed by atoms with Gasteiger partial charge in [0.05, 0.1) is 0 Å². The third-order valence-corrected chi connectivity index (χ3v) is 5.48. The Balaban J connectivity index is 1.62. The molecule has 26 heavy (non-hydrogen) atoms. The van der Waals surface area contributed by atoms with E-state index >= 15 is 0 Å². The number of thiol groups is 1. The van der Waals surface area contributed by atoms with Gasteiger partial charge in [-0.25, -0.2) is 0 Å². The van der Waals surface area contributed by atoms with Crippen LogP contribution in [0.5, 0.6) is 0 Å². The van der Waals surface area contributed by atoms with Crippen molar-refractivity contribution in [3.05, 3.63) is 114 Å². The summed E-state index contributed by atoms with van der Waals surface area (Å²) in [6.07, 6.45) is 6.73. The van der Waals surface area contributed by atoms with Crippen LogP contribution in [0.1, 0.15) is 22.6 Å². The molecular weight excluding hydrogens is 332 g/mol. The third kappa shape index (κ3) is 3.54. The Bertz CT molecular complexity index is 932. The SMILES string of the molecule is Cc1ccc(-c2ccc(C3=CC(c4ccccc4)C(S)C=C3)cc2)cc1. The standard InChI is InChI=1S/C25H22S/c1-18-7-9-19(10-8-18)20-11-13-21(14-12-20)23-15-16-25(26)24(17-23)22-5-3-2-4-6-22/h2-17,24-26H,1H3. The molecule has 0 radical (unpaired) electrons. The highest BCUT2D eigenvalue weighted by Crippen LogP contribution is 2.34. The lowest BCUT2D eigenvalue weighted by Gasteiger charge is -2.23. The Morgan fingerprint density at radius 1 is 0.692 bits per heavy atom. The van der Waals surface area contributed by atoms with Gasteiger partial charge in [-0.15, -0.1) is 0 Å². The van der Waals surface area contributed by atoms with Crippen molar-refractivity contribution in [2.24, 2.45) is 0 Å². The third-order valence-electron chi connectivity index (χ3n) is 4.99. The molecule has 2 atom stereocenters. The van der Waals surface area contributed by atoms with Gasteiger partial charge in [0.1, 0.15) is 0 Å². The fraction of sp³-hybridized carbons (Fsp3) is 0.120. The van der Waals surface area contributed by atoms with Gasteiger partial charge < -0.3 is 0 Å². The van der Waals surface area contributed by atoms with Gasteiger partial charge in [-0.05, 0) is 34.8 Å². The molecule has 0 aromatic heterocycles.